The van der Waals surface area contributed by atoms with Gasteiger partial charge in [0.2, 0.25) is 0 Å². The lowest BCUT2D eigenvalue weighted by molar-refractivity contribution is 0.430. The van der Waals surface area contributed by atoms with Gasteiger partial charge in [-0.1, -0.05) is 26.2 Å². The van der Waals surface area contributed by atoms with Crippen LogP contribution in [0.15, 0.2) is 6.07 Å². The highest BCUT2D eigenvalue weighted by Crippen LogP contribution is 2.35. The van der Waals surface area contributed by atoms with Gasteiger partial charge in [-0.15, -0.1) is 11.3 Å². The van der Waals surface area contributed by atoms with E-state index in [-0.39, 0.29) is 0 Å². The molecule has 0 bridgehead atoms. The van der Waals surface area contributed by atoms with Crippen LogP contribution in [0, 0.1) is 0 Å². The Bertz CT molecular complexity index is 585. The predicted octanol–water partition coefficient (Wildman–Crippen LogP) is 4.73. The number of nitrogens with zero attached hydrogens (tertiary/aromatic N) is 2. The monoisotopic (exact) mass is 289 g/mol. The molecule has 1 N–H and O–H groups in total. The highest BCUT2D eigenvalue weighted by atomic mass is 32.1. The van der Waals surface area contributed by atoms with Gasteiger partial charge in [0.05, 0.1) is 5.39 Å². The van der Waals surface area contributed by atoms with Gasteiger partial charge in [0.1, 0.15) is 16.5 Å². The SMILES string of the molecule is CCNc1nc(C2CCCCC2)nc2sc(CC)cc12. The molecule has 0 saturated heterocycles. The van der Waals surface area contributed by atoms with E-state index >= 15 is 0 Å². The van der Waals surface area contributed by atoms with Crippen molar-refractivity contribution in [3.63, 3.8) is 0 Å². The van der Waals surface area contributed by atoms with Crippen molar-refractivity contribution in [3.8, 4) is 0 Å². The van der Waals surface area contributed by atoms with Crippen LogP contribution in [0.2, 0.25) is 0 Å². The van der Waals surface area contributed by atoms with Gasteiger partial charge in [-0.25, -0.2) is 9.97 Å². The Balaban J connectivity index is 2.03. The van der Waals surface area contributed by atoms with Gasteiger partial charge in [0.25, 0.3) is 0 Å². The maximum atomic E-state index is 4.88. The zero-order valence-corrected chi connectivity index (χ0v) is 13.2. The van der Waals surface area contributed by atoms with E-state index in [1.54, 1.807) is 0 Å². The summed E-state index contributed by atoms with van der Waals surface area (Å²) in [6.07, 6.45) is 7.61. The molecule has 0 aliphatic heterocycles. The molecule has 108 valence electrons. The van der Waals surface area contributed by atoms with Crippen molar-refractivity contribution in [1.29, 1.82) is 0 Å². The van der Waals surface area contributed by atoms with Gasteiger partial charge in [-0.3, -0.25) is 0 Å². The van der Waals surface area contributed by atoms with E-state index < -0.39 is 0 Å². The molecule has 0 spiro atoms. The molecular formula is C16H23N3S. The van der Waals surface area contributed by atoms with Crippen molar-refractivity contribution >= 4 is 27.4 Å². The minimum atomic E-state index is 0.567. The molecule has 0 unspecified atom stereocenters. The van der Waals surface area contributed by atoms with Crippen LogP contribution in [0.25, 0.3) is 10.2 Å². The molecule has 0 amide bonds. The molecule has 3 rings (SSSR count). The second-order valence-electron chi connectivity index (χ2n) is 5.58. The van der Waals surface area contributed by atoms with E-state index in [2.05, 4.69) is 25.2 Å². The summed E-state index contributed by atoms with van der Waals surface area (Å²) in [5, 5.41) is 4.63. The zero-order valence-electron chi connectivity index (χ0n) is 12.4. The molecule has 2 aromatic heterocycles. The third-order valence-electron chi connectivity index (χ3n) is 4.12. The first kappa shape index (κ1) is 13.8. The molecular weight excluding hydrogens is 266 g/mol. The Morgan fingerprint density at radius 3 is 2.70 bits per heavy atom. The first-order valence-electron chi connectivity index (χ1n) is 7.86. The summed E-state index contributed by atoms with van der Waals surface area (Å²) in [6, 6.07) is 2.25. The van der Waals surface area contributed by atoms with Crippen molar-refractivity contribution in [1.82, 2.24) is 9.97 Å². The molecule has 2 aromatic rings. The van der Waals surface area contributed by atoms with E-state index in [1.165, 1.54) is 42.4 Å². The fourth-order valence-corrected chi connectivity index (χ4v) is 3.98. The fourth-order valence-electron chi connectivity index (χ4n) is 3.01. The Kier molecular flexibility index (Phi) is 4.20. The zero-order chi connectivity index (χ0) is 13.9. The third kappa shape index (κ3) is 2.66. The number of aromatic nitrogens is 2. The van der Waals surface area contributed by atoms with Crippen molar-refractivity contribution in [2.75, 3.05) is 11.9 Å². The van der Waals surface area contributed by atoms with E-state index in [1.807, 2.05) is 11.3 Å². The van der Waals surface area contributed by atoms with Crippen molar-refractivity contribution < 1.29 is 0 Å². The lowest BCUT2D eigenvalue weighted by Gasteiger charge is -2.20. The Morgan fingerprint density at radius 1 is 1.20 bits per heavy atom. The smallest absolute Gasteiger partial charge is 0.138 e. The maximum absolute atomic E-state index is 4.88. The largest absolute Gasteiger partial charge is 0.370 e. The molecule has 1 fully saturated rings. The molecule has 20 heavy (non-hydrogen) atoms. The van der Waals surface area contributed by atoms with Crippen LogP contribution >= 0.6 is 11.3 Å². The van der Waals surface area contributed by atoms with Crippen LogP contribution in [0.3, 0.4) is 0 Å². The number of fused-ring (bicyclic) bond motifs is 1. The summed E-state index contributed by atoms with van der Waals surface area (Å²) in [4.78, 5) is 12.3. The fraction of sp³-hybridized carbons (Fsp3) is 0.625. The number of hydrogen-bond acceptors (Lipinski definition) is 4. The van der Waals surface area contributed by atoms with E-state index in [4.69, 9.17) is 9.97 Å². The van der Waals surface area contributed by atoms with Crippen LogP contribution in [0.1, 0.15) is 62.6 Å². The van der Waals surface area contributed by atoms with E-state index in [0.29, 0.717) is 5.92 Å². The summed E-state index contributed by atoms with van der Waals surface area (Å²) in [6.45, 7) is 5.24. The normalized spacial score (nSPS) is 16.7. The number of hydrogen-bond donors (Lipinski definition) is 1. The molecule has 0 radical (unpaired) electrons. The number of rotatable bonds is 4. The predicted molar refractivity (Wildman–Crippen MR) is 86.8 cm³/mol. The van der Waals surface area contributed by atoms with Gasteiger partial charge >= 0.3 is 0 Å². The average Bonchev–Trinajstić information content (AvgIpc) is 2.92. The first-order valence-corrected chi connectivity index (χ1v) is 8.67. The van der Waals surface area contributed by atoms with Gasteiger partial charge in [0.15, 0.2) is 0 Å². The molecule has 2 heterocycles. The van der Waals surface area contributed by atoms with Gasteiger partial charge in [0, 0.05) is 17.3 Å². The van der Waals surface area contributed by atoms with E-state index in [9.17, 15) is 0 Å². The maximum Gasteiger partial charge on any atom is 0.138 e. The van der Waals surface area contributed by atoms with Crippen LogP contribution in [0.5, 0.6) is 0 Å². The summed E-state index contributed by atoms with van der Waals surface area (Å²) < 4.78 is 0. The summed E-state index contributed by atoms with van der Waals surface area (Å²) in [5.41, 5.74) is 0. The molecule has 1 saturated carbocycles. The van der Waals surface area contributed by atoms with Gasteiger partial charge in [-0.2, -0.15) is 0 Å². The Labute approximate surface area is 124 Å². The lowest BCUT2D eigenvalue weighted by atomic mass is 9.89. The van der Waals surface area contributed by atoms with Crippen LogP contribution in [-0.2, 0) is 6.42 Å². The minimum Gasteiger partial charge on any atom is -0.370 e. The molecule has 1 aliphatic carbocycles. The van der Waals surface area contributed by atoms with Crippen molar-refractivity contribution in [3.05, 3.63) is 16.8 Å². The Hall–Kier alpha value is -1.16. The second kappa shape index (κ2) is 6.08. The van der Waals surface area contributed by atoms with Gasteiger partial charge in [-0.05, 0) is 32.3 Å². The molecule has 1 aliphatic rings. The minimum absolute atomic E-state index is 0.567. The third-order valence-corrected chi connectivity index (χ3v) is 5.30. The second-order valence-corrected chi connectivity index (χ2v) is 6.70. The van der Waals surface area contributed by atoms with Gasteiger partial charge < -0.3 is 5.32 Å². The number of thiophene rings is 1. The first-order chi connectivity index (χ1) is 9.81. The van der Waals surface area contributed by atoms with Crippen LogP contribution in [-0.4, -0.2) is 16.5 Å². The summed E-state index contributed by atoms with van der Waals surface area (Å²) >= 11 is 1.82. The topological polar surface area (TPSA) is 37.8 Å². The number of nitrogens with one attached hydrogen (secondary N) is 1. The quantitative estimate of drug-likeness (QED) is 0.884. The molecule has 0 atom stereocenters. The lowest BCUT2D eigenvalue weighted by Crippen LogP contribution is -2.10. The summed E-state index contributed by atoms with van der Waals surface area (Å²) in [5.74, 6) is 2.67. The highest BCUT2D eigenvalue weighted by Gasteiger charge is 2.20. The van der Waals surface area contributed by atoms with Crippen LogP contribution < -0.4 is 5.32 Å². The molecule has 3 nitrogen and oxygen atoms in total. The number of anilines is 1. The molecule has 4 heteroatoms. The van der Waals surface area contributed by atoms with Crippen molar-refractivity contribution in [2.45, 2.75) is 58.3 Å². The van der Waals surface area contributed by atoms with Crippen molar-refractivity contribution in [2.24, 2.45) is 0 Å². The summed E-state index contributed by atoms with van der Waals surface area (Å²) in [7, 11) is 0. The van der Waals surface area contributed by atoms with E-state index in [0.717, 1.165) is 29.4 Å². The Morgan fingerprint density at radius 2 is 2.00 bits per heavy atom. The standard InChI is InChI=1S/C16H23N3S/c1-3-12-10-13-15(17-4-2)18-14(19-16(13)20-12)11-8-6-5-7-9-11/h10-11H,3-9H2,1-2H3,(H,17,18,19). The molecule has 0 aromatic carbocycles. The average molecular weight is 289 g/mol. The van der Waals surface area contributed by atoms with Crippen LogP contribution in [0.4, 0.5) is 5.82 Å². The number of aryl methyl sites for hydroxylation is 1. The highest BCUT2D eigenvalue weighted by molar-refractivity contribution is 7.18.